The Kier molecular flexibility index (Phi) is 5.19. The molecule has 0 spiro atoms. The quantitative estimate of drug-likeness (QED) is 0.810. The number of rotatable bonds is 5. The minimum Gasteiger partial charge on any atom is -0.341 e. The average molecular weight is 341 g/mol. The van der Waals surface area contributed by atoms with Gasteiger partial charge in [-0.3, -0.25) is 4.57 Å². The van der Waals surface area contributed by atoms with Gasteiger partial charge >= 0.3 is 7.60 Å². The minimum absolute atomic E-state index is 0.0602. The van der Waals surface area contributed by atoms with E-state index in [1.165, 1.54) is 17.0 Å². The zero-order chi connectivity index (χ0) is 17.2. The second-order valence-corrected chi connectivity index (χ2v) is 7.18. The van der Waals surface area contributed by atoms with Crippen molar-refractivity contribution in [1.29, 1.82) is 0 Å². The van der Waals surface area contributed by atoms with Crippen LogP contribution in [0.4, 0.5) is 20.2 Å². The highest BCUT2D eigenvalue weighted by Gasteiger charge is 2.19. The third-order valence-corrected chi connectivity index (χ3v) is 4.33. The molecule has 0 aliphatic rings. The standard InChI is InChI=1S/C16H18F2NO3P/c1-11-3-5-13(9-15(11)17)19(7-8-23(20,21)22)14-6-4-12(2)16(18)10-14/h3-6,9-10H,7-8H2,1-2H3,(H2,20,21,22). The Morgan fingerprint density at radius 1 is 0.957 bits per heavy atom. The van der Waals surface area contributed by atoms with Crippen LogP contribution in [0.3, 0.4) is 0 Å². The third-order valence-electron chi connectivity index (χ3n) is 3.55. The van der Waals surface area contributed by atoms with Crippen molar-refractivity contribution in [3.05, 3.63) is 59.2 Å². The molecule has 4 nitrogen and oxygen atoms in total. The molecule has 2 aromatic rings. The van der Waals surface area contributed by atoms with Crippen LogP contribution in [0.1, 0.15) is 11.1 Å². The van der Waals surface area contributed by atoms with E-state index < -0.39 is 25.4 Å². The summed E-state index contributed by atoms with van der Waals surface area (Å²) in [6.07, 6.45) is -0.419. The topological polar surface area (TPSA) is 60.8 Å². The van der Waals surface area contributed by atoms with Crippen molar-refractivity contribution in [2.45, 2.75) is 13.8 Å². The highest BCUT2D eigenvalue weighted by Crippen LogP contribution is 2.36. The molecule has 0 atom stereocenters. The van der Waals surface area contributed by atoms with Crippen LogP contribution in [-0.2, 0) is 4.57 Å². The predicted molar refractivity (Wildman–Crippen MR) is 86.2 cm³/mol. The van der Waals surface area contributed by atoms with Gasteiger partial charge in [0.25, 0.3) is 0 Å². The summed E-state index contributed by atoms with van der Waals surface area (Å²) in [4.78, 5) is 19.7. The Bertz CT molecular complexity index is 709. The molecule has 2 N–H and O–H groups in total. The van der Waals surface area contributed by atoms with Crippen molar-refractivity contribution < 1.29 is 23.1 Å². The van der Waals surface area contributed by atoms with E-state index in [9.17, 15) is 13.3 Å². The number of halogens is 2. The maximum Gasteiger partial charge on any atom is 0.327 e. The van der Waals surface area contributed by atoms with E-state index in [-0.39, 0.29) is 6.54 Å². The lowest BCUT2D eigenvalue weighted by Crippen LogP contribution is -2.21. The fraction of sp³-hybridized carbons (Fsp3) is 0.250. The largest absolute Gasteiger partial charge is 0.341 e. The Balaban J connectivity index is 2.43. The van der Waals surface area contributed by atoms with Crippen LogP contribution in [0.15, 0.2) is 36.4 Å². The summed E-state index contributed by atoms with van der Waals surface area (Å²) in [5, 5.41) is 0. The normalized spacial score (nSPS) is 11.6. The van der Waals surface area contributed by atoms with Gasteiger partial charge in [-0.1, -0.05) is 12.1 Å². The summed E-state index contributed by atoms with van der Waals surface area (Å²) in [7, 11) is -4.23. The summed E-state index contributed by atoms with van der Waals surface area (Å²) in [6.45, 7) is 3.17. The van der Waals surface area contributed by atoms with Gasteiger partial charge in [0.15, 0.2) is 0 Å². The number of benzene rings is 2. The monoisotopic (exact) mass is 341 g/mol. The van der Waals surface area contributed by atoms with Gasteiger partial charge in [0, 0.05) is 17.9 Å². The molecule has 2 aromatic carbocycles. The van der Waals surface area contributed by atoms with Crippen molar-refractivity contribution >= 4 is 19.0 Å². The van der Waals surface area contributed by atoms with Crippen molar-refractivity contribution in [2.24, 2.45) is 0 Å². The van der Waals surface area contributed by atoms with Gasteiger partial charge in [-0.05, 0) is 49.2 Å². The van der Waals surface area contributed by atoms with E-state index in [1.54, 1.807) is 38.1 Å². The first-order chi connectivity index (χ1) is 10.7. The van der Waals surface area contributed by atoms with E-state index >= 15 is 0 Å². The maximum absolute atomic E-state index is 13.8. The SMILES string of the molecule is Cc1ccc(N(CCP(=O)(O)O)c2ccc(C)c(F)c2)cc1F. The molecule has 0 aliphatic heterocycles. The zero-order valence-corrected chi connectivity index (χ0v) is 13.7. The first kappa shape index (κ1) is 17.6. The van der Waals surface area contributed by atoms with Crippen molar-refractivity contribution in [3.8, 4) is 0 Å². The number of hydrogen-bond donors (Lipinski definition) is 2. The van der Waals surface area contributed by atoms with Gasteiger partial charge in [0.05, 0.1) is 6.16 Å². The summed E-state index contributed by atoms with van der Waals surface area (Å²) in [5.41, 5.74) is 1.73. The molecule has 23 heavy (non-hydrogen) atoms. The van der Waals surface area contributed by atoms with Crippen LogP contribution in [0, 0.1) is 25.5 Å². The molecule has 2 rings (SSSR count). The lowest BCUT2D eigenvalue weighted by Gasteiger charge is -2.26. The van der Waals surface area contributed by atoms with Crippen LogP contribution in [0.2, 0.25) is 0 Å². The predicted octanol–water partition coefficient (Wildman–Crippen LogP) is 3.90. The van der Waals surface area contributed by atoms with E-state index in [4.69, 9.17) is 9.79 Å². The van der Waals surface area contributed by atoms with Crippen LogP contribution >= 0.6 is 7.60 Å². The van der Waals surface area contributed by atoms with Crippen LogP contribution in [0.25, 0.3) is 0 Å². The molecule has 0 saturated heterocycles. The number of aryl methyl sites for hydroxylation is 2. The van der Waals surface area contributed by atoms with Gasteiger partial charge in [-0.15, -0.1) is 0 Å². The van der Waals surface area contributed by atoms with E-state index in [0.29, 0.717) is 22.5 Å². The van der Waals surface area contributed by atoms with Gasteiger partial charge in [-0.25, -0.2) is 8.78 Å². The highest BCUT2D eigenvalue weighted by molar-refractivity contribution is 7.51. The van der Waals surface area contributed by atoms with Crippen LogP contribution in [-0.4, -0.2) is 22.5 Å². The average Bonchev–Trinajstić information content (AvgIpc) is 2.45. The Labute approximate surface area is 133 Å². The van der Waals surface area contributed by atoms with Crippen LogP contribution < -0.4 is 4.90 Å². The first-order valence-corrected chi connectivity index (χ1v) is 8.81. The summed E-state index contributed by atoms with van der Waals surface area (Å²) >= 11 is 0. The van der Waals surface area contributed by atoms with E-state index in [2.05, 4.69) is 0 Å². The number of hydrogen-bond acceptors (Lipinski definition) is 2. The Morgan fingerprint density at radius 3 is 1.74 bits per heavy atom. The molecule has 0 bridgehead atoms. The third kappa shape index (κ3) is 4.61. The molecule has 0 radical (unpaired) electrons. The van der Waals surface area contributed by atoms with Crippen molar-refractivity contribution in [3.63, 3.8) is 0 Å². The second kappa shape index (κ2) is 6.79. The van der Waals surface area contributed by atoms with Gasteiger partial charge in [-0.2, -0.15) is 0 Å². The molecule has 0 heterocycles. The fourth-order valence-electron chi connectivity index (χ4n) is 2.14. The lowest BCUT2D eigenvalue weighted by molar-refractivity contribution is 0.373. The molecule has 0 fully saturated rings. The van der Waals surface area contributed by atoms with Crippen LogP contribution in [0.5, 0.6) is 0 Å². The molecular weight excluding hydrogens is 323 g/mol. The van der Waals surface area contributed by atoms with Gasteiger partial charge in [0.1, 0.15) is 11.6 Å². The van der Waals surface area contributed by atoms with Crippen molar-refractivity contribution in [1.82, 2.24) is 0 Å². The molecule has 0 amide bonds. The summed E-state index contributed by atoms with van der Waals surface area (Å²) in [6, 6.07) is 8.95. The molecular formula is C16H18F2NO3P. The summed E-state index contributed by atoms with van der Waals surface area (Å²) in [5.74, 6) is -0.868. The molecule has 0 unspecified atom stereocenters. The van der Waals surface area contributed by atoms with Crippen molar-refractivity contribution in [2.75, 3.05) is 17.6 Å². The second-order valence-electron chi connectivity index (χ2n) is 5.41. The Hall–Kier alpha value is -1.75. The molecule has 124 valence electrons. The molecule has 0 aliphatic carbocycles. The Morgan fingerprint density at radius 2 is 1.39 bits per heavy atom. The number of nitrogens with zero attached hydrogens (tertiary/aromatic N) is 1. The van der Waals surface area contributed by atoms with E-state index in [1.807, 2.05) is 0 Å². The maximum atomic E-state index is 13.8. The van der Waals surface area contributed by atoms with Gasteiger partial charge in [0.2, 0.25) is 0 Å². The van der Waals surface area contributed by atoms with Gasteiger partial charge < -0.3 is 14.7 Å². The molecule has 7 heteroatoms. The molecule has 0 aromatic heterocycles. The highest BCUT2D eigenvalue weighted by atomic mass is 31.2. The van der Waals surface area contributed by atoms with E-state index in [0.717, 1.165) is 0 Å². The zero-order valence-electron chi connectivity index (χ0n) is 12.8. The lowest BCUT2D eigenvalue weighted by atomic mass is 10.1. The smallest absolute Gasteiger partial charge is 0.327 e. The summed E-state index contributed by atoms with van der Waals surface area (Å²) < 4.78 is 38.8. The fourth-order valence-corrected chi connectivity index (χ4v) is 2.60. The number of anilines is 2. The molecule has 0 saturated carbocycles. The first-order valence-electron chi connectivity index (χ1n) is 7.02. The minimum atomic E-state index is -4.23.